The van der Waals surface area contributed by atoms with Gasteiger partial charge >= 0.3 is 0 Å². The predicted octanol–water partition coefficient (Wildman–Crippen LogP) is 2.36. The number of nitrogens with one attached hydrogen (secondary N) is 1. The van der Waals surface area contributed by atoms with Gasteiger partial charge in [0, 0.05) is 12.0 Å². The first-order valence-corrected chi connectivity index (χ1v) is 7.78. The summed E-state index contributed by atoms with van der Waals surface area (Å²) in [5, 5.41) is 3.37. The van der Waals surface area contributed by atoms with Gasteiger partial charge in [-0.25, -0.2) is 0 Å². The van der Waals surface area contributed by atoms with E-state index in [0.29, 0.717) is 0 Å². The van der Waals surface area contributed by atoms with Crippen LogP contribution in [0.2, 0.25) is 0 Å². The molecular formula is C17H26N2O2. The van der Waals surface area contributed by atoms with Crippen LogP contribution >= 0.6 is 0 Å². The van der Waals surface area contributed by atoms with Gasteiger partial charge in [-0.05, 0) is 37.0 Å². The summed E-state index contributed by atoms with van der Waals surface area (Å²) in [7, 11) is 1.69. The maximum absolute atomic E-state index is 11.4. The third-order valence-electron chi connectivity index (χ3n) is 4.68. The molecule has 1 aromatic carbocycles. The first-order chi connectivity index (χ1) is 10.1. The summed E-state index contributed by atoms with van der Waals surface area (Å²) in [5.74, 6) is 0.622. The molecule has 0 bridgehead atoms. The second-order valence-corrected chi connectivity index (χ2v) is 5.96. The Bertz CT molecular complexity index is 481. The van der Waals surface area contributed by atoms with Gasteiger partial charge in [0.25, 0.3) is 0 Å². The zero-order chi connectivity index (χ0) is 15.3. The molecule has 1 aliphatic rings. The van der Waals surface area contributed by atoms with Crippen molar-refractivity contribution in [3.8, 4) is 5.75 Å². The molecule has 1 saturated carbocycles. The van der Waals surface area contributed by atoms with Gasteiger partial charge in [0.2, 0.25) is 5.91 Å². The van der Waals surface area contributed by atoms with Crippen LogP contribution < -0.4 is 15.8 Å². The zero-order valence-corrected chi connectivity index (χ0v) is 13.0. The van der Waals surface area contributed by atoms with Gasteiger partial charge in [-0.1, -0.05) is 31.9 Å². The Kier molecular flexibility index (Phi) is 5.23. The Morgan fingerprint density at radius 1 is 1.43 bits per heavy atom. The average Bonchev–Trinajstić information content (AvgIpc) is 2.98. The minimum absolute atomic E-state index is 0.0947. The predicted molar refractivity (Wildman–Crippen MR) is 84.4 cm³/mol. The molecule has 4 nitrogen and oxygen atoms in total. The van der Waals surface area contributed by atoms with E-state index in [1.165, 1.54) is 18.4 Å². The van der Waals surface area contributed by atoms with Crippen LogP contribution in [0.4, 0.5) is 0 Å². The number of ether oxygens (including phenoxy) is 1. The van der Waals surface area contributed by atoms with E-state index in [9.17, 15) is 4.79 Å². The molecule has 0 spiro atoms. The van der Waals surface area contributed by atoms with Crippen molar-refractivity contribution in [3.63, 3.8) is 0 Å². The normalized spacial score (nSPS) is 18.4. The summed E-state index contributed by atoms with van der Waals surface area (Å²) in [6.45, 7) is 2.77. The molecule has 0 aliphatic heterocycles. The molecule has 1 amide bonds. The smallest absolute Gasteiger partial charge is 0.234 e. The Morgan fingerprint density at radius 2 is 2.14 bits per heavy atom. The van der Waals surface area contributed by atoms with Crippen LogP contribution in [0, 0.1) is 0 Å². The Morgan fingerprint density at radius 3 is 2.71 bits per heavy atom. The lowest BCUT2D eigenvalue weighted by Gasteiger charge is -2.32. The molecule has 1 aliphatic carbocycles. The average molecular weight is 290 g/mol. The van der Waals surface area contributed by atoms with E-state index in [0.717, 1.165) is 31.6 Å². The van der Waals surface area contributed by atoms with Crippen molar-refractivity contribution in [2.24, 2.45) is 5.73 Å². The van der Waals surface area contributed by atoms with Gasteiger partial charge < -0.3 is 15.8 Å². The Balaban J connectivity index is 2.18. The summed E-state index contributed by atoms with van der Waals surface area (Å²) in [6, 6.07) is 8.06. The van der Waals surface area contributed by atoms with Crippen LogP contribution in [0.5, 0.6) is 5.75 Å². The van der Waals surface area contributed by atoms with E-state index >= 15 is 0 Å². The van der Waals surface area contributed by atoms with Crippen molar-refractivity contribution < 1.29 is 9.53 Å². The number of carbonyl (C=O) groups is 1. The highest BCUT2D eigenvalue weighted by Gasteiger charge is 2.36. The number of hydrogen-bond acceptors (Lipinski definition) is 3. The number of nitrogens with two attached hydrogens (primary N) is 1. The van der Waals surface area contributed by atoms with Crippen LogP contribution in [0.15, 0.2) is 24.3 Å². The highest BCUT2D eigenvalue weighted by Crippen LogP contribution is 2.41. The second-order valence-electron chi connectivity index (χ2n) is 5.96. The Hall–Kier alpha value is -1.55. The third-order valence-corrected chi connectivity index (χ3v) is 4.68. The molecule has 0 radical (unpaired) electrons. The first-order valence-electron chi connectivity index (χ1n) is 7.78. The number of hydrogen-bond donors (Lipinski definition) is 2. The lowest BCUT2D eigenvalue weighted by molar-refractivity contribution is -0.120. The van der Waals surface area contributed by atoms with Crippen LogP contribution in [0.1, 0.15) is 44.6 Å². The number of methoxy groups -OCH3 is 1. The molecule has 1 aromatic rings. The fourth-order valence-corrected chi connectivity index (χ4v) is 3.34. The van der Waals surface area contributed by atoms with E-state index in [2.05, 4.69) is 17.4 Å². The van der Waals surface area contributed by atoms with Crippen molar-refractivity contribution >= 4 is 5.91 Å². The largest absolute Gasteiger partial charge is 0.497 e. The molecular weight excluding hydrogens is 264 g/mol. The summed E-state index contributed by atoms with van der Waals surface area (Å²) < 4.78 is 5.35. The topological polar surface area (TPSA) is 64.3 Å². The van der Waals surface area contributed by atoms with E-state index < -0.39 is 0 Å². The highest BCUT2D eigenvalue weighted by molar-refractivity contribution is 5.79. The molecule has 116 valence electrons. The molecule has 4 heteroatoms. The lowest BCUT2D eigenvalue weighted by Crippen LogP contribution is -2.46. The molecule has 0 aromatic heterocycles. The minimum atomic E-state index is -0.267. The van der Waals surface area contributed by atoms with Crippen LogP contribution in [-0.4, -0.2) is 25.6 Å². The van der Waals surface area contributed by atoms with Gasteiger partial charge in [0.05, 0.1) is 13.2 Å². The number of carbonyl (C=O) groups excluding carboxylic acids is 1. The number of primary amides is 1. The molecule has 0 saturated heterocycles. The molecule has 1 atom stereocenters. The molecule has 2 rings (SSSR count). The van der Waals surface area contributed by atoms with Crippen LogP contribution in [0.25, 0.3) is 0 Å². The van der Waals surface area contributed by atoms with E-state index in [4.69, 9.17) is 10.5 Å². The maximum atomic E-state index is 11.4. The van der Waals surface area contributed by atoms with Crippen molar-refractivity contribution in [3.05, 3.63) is 29.8 Å². The molecule has 0 heterocycles. The van der Waals surface area contributed by atoms with Gasteiger partial charge in [0.1, 0.15) is 5.75 Å². The fourth-order valence-electron chi connectivity index (χ4n) is 3.34. The maximum Gasteiger partial charge on any atom is 0.234 e. The third kappa shape index (κ3) is 3.56. The summed E-state index contributed by atoms with van der Waals surface area (Å²) in [6.07, 6.45) is 5.47. The number of benzene rings is 1. The zero-order valence-electron chi connectivity index (χ0n) is 13.0. The van der Waals surface area contributed by atoms with Crippen LogP contribution in [0.3, 0.4) is 0 Å². The Labute approximate surface area is 127 Å². The number of rotatable bonds is 7. The molecule has 21 heavy (non-hydrogen) atoms. The quantitative estimate of drug-likeness (QED) is 0.810. The molecule has 3 N–H and O–H groups in total. The van der Waals surface area contributed by atoms with Gasteiger partial charge in [0.15, 0.2) is 0 Å². The van der Waals surface area contributed by atoms with Gasteiger partial charge in [-0.3, -0.25) is 4.79 Å². The monoisotopic (exact) mass is 290 g/mol. The van der Waals surface area contributed by atoms with E-state index in [1.807, 2.05) is 19.1 Å². The lowest BCUT2D eigenvalue weighted by atomic mass is 9.78. The number of amides is 1. The van der Waals surface area contributed by atoms with Crippen molar-refractivity contribution in [2.75, 3.05) is 13.7 Å². The van der Waals surface area contributed by atoms with Gasteiger partial charge in [-0.15, -0.1) is 0 Å². The van der Waals surface area contributed by atoms with Crippen molar-refractivity contribution in [1.29, 1.82) is 0 Å². The van der Waals surface area contributed by atoms with Crippen LogP contribution in [-0.2, 0) is 10.2 Å². The highest BCUT2D eigenvalue weighted by atomic mass is 16.5. The van der Waals surface area contributed by atoms with Gasteiger partial charge in [-0.2, -0.15) is 0 Å². The summed E-state index contributed by atoms with van der Waals surface area (Å²) >= 11 is 0. The second kappa shape index (κ2) is 6.94. The first kappa shape index (κ1) is 15.8. The summed E-state index contributed by atoms with van der Waals surface area (Å²) in [4.78, 5) is 11.4. The van der Waals surface area contributed by atoms with E-state index in [1.54, 1.807) is 7.11 Å². The van der Waals surface area contributed by atoms with Crippen molar-refractivity contribution in [2.45, 2.75) is 50.5 Å². The van der Waals surface area contributed by atoms with Crippen molar-refractivity contribution in [1.82, 2.24) is 5.32 Å². The minimum Gasteiger partial charge on any atom is -0.497 e. The molecule has 1 fully saturated rings. The fraction of sp³-hybridized carbons (Fsp3) is 0.588. The SMILES string of the molecule is CC[C@@H](NCC1(c2cccc(OC)c2)CCCC1)C(N)=O. The summed E-state index contributed by atoms with van der Waals surface area (Å²) in [5.41, 5.74) is 6.83. The molecule has 0 unspecified atom stereocenters. The standard InChI is InChI=1S/C17H26N2O2/c1-3-15(16(18)20)19-12-17(9-4-5-10-17)13-7-6-8-14(11-13)21-2/h6-8,11,15,19H,3-5,9-10,12H2,1-2H3,(H2,18,20)/t15-/m1/s1. The van der Waals surface area contributed by atoms with E-state index in [-0.39, 0.29) is 17.4 Å².